The van der Waals surface area contributed by atoms with E-state index in [1.807, 2.05) is 13.8 Å². The van der Waals surface area contributed by atoms with Gasteiger partial charge in [-0.1, -0.05) is 32.0 Å². The largest absolute Gasteiger partial charge is 0.418 e. The number of halogens is 3. The van der Waals surface area contributed by atoms with Gasteiger partial charge in [0.2, 0.25) is 0 Å². The molecule has 0 radical (unpaired) electrons. The summed E-state index contributed by atoms with van der Waals surface area (Å²) in [4.78, 5) is 25.7. The molecule has 182 valence electrons. The second kappa shape index (κ2) is 9.22. The highest BCUT2D eigenvalue weighted by molar-refractivity contribution is 6.03. The van der Waals surface area contributed by atoms with Gasteiger partial charge in [-0.3, -0.25) is 14.4 Å². The van der Waals surface area contributed by atoms with Crippen LogP contribution in [-0.4, -0.2) is 23.2 Å². The molecule has 1 aliphatic rings. The number of aromatic nitrogens is 1. The van der Waals surface area contributed by atoms with Crippen molar-refractivity contribution in [2.75, 3.05) is 22.3 Å². The first kappa shape index (κ1) is 24.0. The zero-order valence-electron chi connectivity index (χ0n) is 18.8. The molecule has 2 heterocycles. The quantitative estimate of drug-likeness (QED) is 0.411. The van der Waals surface area contributed by atoms with Gasteiger partial charge >= 0.3 is 12.2 Å². The zero-order valence-corrected chi connectivity index (χ0v) is 18.8. The first-order chi connectivity index (χ1) is 16.6. The van der Waals surface area contributed by atoms with Crippen LogP contribution in [0.25, 0.3) is 0 Å². The Bertz CT molecular complexity index is 1310. The molecule has 1 aromatic heterocycles. The first-order valence-electron chi connectivity index (χ1n) is 10.6. The van der Waals surface area contributed by atoms with Crippen molar-refractivity contribution in [3.05, 3.63) is 71.4 Å². The van der Waals surface area contributed by atoms with Gasteiger partial charge in [0.1, 0.15) is 12.4 Å². The molecule has 0 aliphatic carbocycles. The predicted molar refractivity (Wildman–Crippen MR) is 125 cm³/mol. The van der Waals surface area contributed by atoms with E-state index in [1.54, 1.807) is 18.3 Å². The number of hydrogen-bond acceptors (Lipinski definition) is 6. The Balaban J connectivity index is 1.58. The molecule has 4 rings (SSSR count). The molecule has 0 bridgehead atoms. The number of benzene rings is 2. The number of amides is 2. The van der Waals surface area contributed by atoms with Gasteiger partial charge in [-0.15, -0.1) is 5.11 Å². The molecule has 0 atom stereocenters. The summed E-state index contributed by atoms with van der Waals surface area (Å²) >= 11 is 0. The molecular weight excluding hydrogens is 463 g/mol. The summed E-state index contributed by atoms with van der Waals surface area (Å²) in [6.45, 7) is 3.99. The third-order valence-corrected chi connectivity index (χ3v) is 5.33. The van der Waals surface area contributed by atoms with E-state index in [0.717, 1.165) is 17.7 Å². The van der Waals surface area contributed by atoms with Crippen molar-refractivity contribution < 1.29 is 22.8 Å². The molecule has 2 aromatic carbocycles. The van der Waals surface area contributed by atoms with Gasteiger partial charge in [0, 0.05) is 23.0 Å². The fourth-order valence-electron chi connectivity index (χ4n) is 3.69. The monoisotopic (exact) mass is 485 g/mol. The normalized spacial score (nSPS) is 13.1. The first-order valence-corrected chi connectivity index (χ1v) is 10.6. The van der Waals surface area contributed by atoms with Gasteiger partial charge in [0.05, 0.1) is 11.3 Å². The third kappa shape index (κ3) is 4.87. The minimum absolute atomic E-state index is 0.0551. The minimum atomic E-state index is -4.63. The topological polar surface area (TPSA) is 117 Å². The number of para-hydroxylation sites is 1. The lowest BCUT2D eigenvalue weighted by Crippen LogP contribution is -2.35. The molecule has 12 heteroatoms. The highest BCUT2D eigenvalue weighted by atomic mass is 19.4. The average molecular weight is 485 g/mol. The summed E-state index contributed by atoms with van der Waals surface area (Å²) in [6, 6.07) is 9.79. The Kier molecular flexibility index (Phi) is 6.31. The number of fused-ring (bicyclic) bond motifs is 1. The minimum Gasteiger partial charge on any atom is -0.308 e. The van der Waals surface area contributed by atoms with Crippen LogP contribution in [-0.2, 0) is 6.18 Å². The number of carbonyl (C=O) groups excluding carboxylic acids is 2. The highest BCUT2D eigenvalue weighted by Crippen LogP contribution is 2.40. The van der Waals surface area contributed by atoms with E-state index >= 15 is 0 Å². The maximum Gasteiger partial charge on any atom is 0.418 e. The van der Waals surface area contributed by atoms with Crippen LogP contribution < -0.4 is 21.5 Å². The molecule has 4 N–H and O–H groups in total. The van der Waals surface area contributed by atoms with E-state index in [0.29, 0.717) is 11.5 Å². The molecular formula is C23H22F3N7O2. The molecule has 2 amide bonds. The number of nitrogens with zero attached hydrogens (tertiary/aromatic N) is 4. The third-order valence-electron chi connectivity index (χ3n) is 5.33. The Hall–Kier alpha value is -4.19. The zero-order chi connectivity index (χ0) is 25.3. The summed E-state index contributed by atoms with van der Waals surface area (Å²) in [5.74, 6) is 6.08. The van der Waals surface area contributed by atoms with Crippen LogP contribution in [0.2, 0.25) is 0 Å². The van der Waals surface area contributed by atoms with Gasteiger partial charge in [-0.05, 0) is 36.2 Å². The number of hydrogen-bond donors (Lipinski definition) is 3. The van der Waals surface area contributed by atoms with Crippen molar-refractivity contribution in [1.82, 2.24) is 4.57 Å². The number of nitrogens with two attached hydrogens (primary N) is 1. The molecule has 35 heavy (non-hydrogen) atoms. The lowest BCUT2D eigenvalue weighted by Gasteiger charge is -2.21. The van der Waals surface area contributed by atoms with Crippen molar-refractivity contribution in [1.29, 1.82) is 0 Å². The Labute approximate surface area is 198 Å². The maximum atomic E-state index is 13.3. The van der Waals surface area contributed by atoms with Crippen molar-refractivity contribution in [2.24, 2.45) is 16.1 Å². The molecule has 1 aliphatic heterocycles. The number of azo groups is 1. The molecule has 3 aromatic rings. The van der Waals surface area contributed by atoms with Crippen LogP contribution in [0, 0.1) is 0 Å². The molecule has 0 spiro atoms. The van der Waals surface area contributed by atoms with E-state index in [-0.39, 0.29) is 29.5 Å². The summed E-state index contributed by atoms with van der Waals surface area (Å²) in [6.07, 6.45) is -2.97. The summed E-state index contributed by atoms with van der Waals surface area (Å²) in [7, 11) is 0. The number of alkyl halides is 3. The van der Waals surface area contributed by atoms with Crippen LogP contribution in [0.1, 0.15) is 41.3 Å². The van der Waals surface area contributed by atoms with E-state index < -0.39 is 23.7 Å². The fraction of sp³-hybridized carbons (Fsp3) is 0.217. The fourth-order valence-corrected chi connectivity index (χ4v) is 3.69. The van der Waals surface area contributed by atoms with Gasteiger partial charge < -0.3 is 10.6 Å². The number of rotatable bonds is 4. The predicted octanol–water partition coefficient (Wildman–Crippen LogP) is 5.70. The average Bonchev–Trinajstić information content (AvgIpc) is 3.20. The molecule has 0 saturated heterocycles. The molecule has 0 unspecified atom stereocenters. The lowest BCUT2D eigenvalue weighted by molar-refractivity contribution is -0.136. The number of anilines is 3. The summed E-state index contributed by atoms with van der Waals surface area (Å²) in [5.41, 5.74) is 0.390. The lowest BCUT2D eigenvalue weighted by atomic mass is 10.1. The number of urea groups is 1. The molecule has 0 fully saturated rings. The maximum absolute atomic E-state index is 13.3. The van der Waals surface area contributed by atoms with Crippen LogP contribution in [0.4, 0.5) is 40.8 Å². The van der Waals surface area contributed by atoms with Crippen LogP contribution >= 0.6 is 0 Å². The standard InChI is InChI=1S/C23H22F3N7O2/c1-13(2)16-11-32(20-19(16)31-28-12-33(20)27)21(34)14-6-5-7-15(10-14)29-22(35)30-18-9-4-3-8-17(18)23(24,25)26/h3-11,13H,12,27H2,1-2H3,(H2,29,30,35). The van der Waals surface area contributed by atoms with Crippen LogP contribution in [0.5, 0.6) is 0 Å². The summed E-state index contributed by atoms with van der Waals surface area (Å²) < 4.78 is 41.0. The van der Waals surface area contributed by atoms with Crippen molar-refractivity contribution in [2.45, 2.75) is 25.9 Å². The number of hydrazine groups is 1. The molecule has 9 nitrogen and oxygen atoms in total. The van der Waals surface area contributed by atoms with E-state index in [4.69, 9.17) is 5.84 Å². The molecule has 0 saturated carbocycles. The van der Waals surface area contributed by atoms with Crippen LogP contribution in [0.15, 0.2) is 65.0 Å². The number of carbonyl (C=O) groups is 2. The van der Waals surface area contributed by atoms with Gasteiger partial charge in [0.25, 0.3) is 5.91 Å². The van der Waals surface area contributed by atoms with E-state index in [9.17, 15) is 22.8 Å². The summed E-state index contributed by atoms with van der Waals surface area (Å²) in [5, 5.41) is 14.1. The smallest absolute Gasteiger partial charge is 0.308 e. The Morgan fingerprint density at radius 3 is 2.54 bits per heavy atom. The Morgan fingerprint density at radius 1 is 1.09 bits per heavy atom. The van der Waals surface area contributed by atoms with Crippen LogP contribution in [0.3, 0.4) is 0 Å². The van der Waals surface area contributed by atoms with Gasteiger partial charge in [0.15, 0.2) is 5.82 Å². The van der Waals surface area contributed by atoms with E-state index in [2.05, 4.69) is 20.9 Å². The van der Waals surface area contributed by atoms with Crippen molar-refractivity contribution in [3.8, 4) is 0 Å². The van der Waals surface area contributed by atoms with E-state index in [1.165, 1.54) is 33.8 Å². The van der Waals surface area contributed by atoms with Gasteiger partial charge in [-0.2, -0.15) is 18.3 Å². The van der Waals surface area contributed by atoms with Crippen molar-refractivity contribution in [3.63, 3.8) is 0 Å². The second-order valence-electron chi connectivity index (χ2n) is 8.14. The van der Waals surface area contributed by atoms with Crippen molar-refractivity contribution >= 4 is 34.8 Å². The SMILES string of the molecule is CC(C)c1cn(C(=O)c2cccc(NC(=O)Nc3ccccc3C(F)(F)F)c2)c2c1N=NCN2N. The second-order valence-corrected chi connectivity index (χ2v) is 8.14. The Morgan fingerprint density at radius 2 is 1.83 bits per heavy atom. The number of nitrogens with one attached hydrogen (secondary N) is 2. The highest BCUT2D eigenvalue weighted by Gasteiger charge is 2.33. The van der Waals surface area contributed by atoms with Gasteiger partial charge in [-0.25, -0.2) is 10.6 Å².